The Bertz CT molecular complexity index is 807. The van der Waals surface area contributed by atoms with Gasteiger partial charge in [-0.25, -0.2) is 0 Å². The van der Waals surface area contributed by atoms with Gasteiger partial charge in [0.15, 0.2) is 0 Å². The zero-order valence-electron chi connectivity index (χ0n) is 13.6. The van der Waals surface area contributed by atoms with Gasteiger partial charge in [-0.15, -0.1) is 0 Å². The molecule has 3 rings (SSSR count). The van der Waals surface area contributed by atoms with Crippen molar-refractivity contribution in [1.29, 1.82) is 0 Å². The lowest BCUT2D eigenvalue weighted by Gasteiger charge is -2.33. The Morgan fingerprint density at radius 2 is 2.00 bits per heavy atom. The predicted molar refractivity (Wildman–Crippen MR) is 96.6 cm³/mol. The highest BCUT2D eigenvalue weighted by Gasteiger charge is 2.26. The molecule has 1 aliphatic rings. The number of nitro groups is 1. The van der Waals surface area contributed by atoms with E-state index in [0.29, 0.717) is 30.8 Å². The van der Waals surface area contributed by atoms with Crippen molar-refractivity contribution in [1.82, 2.24) is 4.90 Å². The SMILES string of the molecule is Cc1cc(C(=O)N2CCOC(c3ccc(Br)cc3)C2)ccc1[N+](=O)[O-]. The molecule has 1 heterocycles. The van der Waals surface area contributed by atoms with Crippen LogP contribution in [0.2, 0.25) is 0 Å². The molecule has 0 radical (unpaired) electrons. The molecule has 25 heavy (non-hydrogen) atoms. The van der Waals surface area contributed by atoms with Gasteiger partial charge in [0.05, 0.1) is 18.1 Å². The molecular formula is C18H17BrN2O4. The summed E-state index contributed by atoms with van der Waals surface area (Å²) in [6.07, 6.45) is -0.176. The van der Waals surface area contributed by atoms with Gasteiger partial charge in [-0.3, -0.25) is 14.9 Å². The zero-order valence-corrected chi connectivity index (χ0v) is 15.2. The highest BCUT2D eigenvalue weighted by Crippen LogP contribution is 2.26. The van der Waals surface area contributed by atoms with E-state index < -0.39 is 4.92 Å². The first-order chi connectivity index (χ1) is 12.0. The van der Waals surface area contributed by atoms with Crippen LogP contribution in [0, 0.1) is 17.0 Å². The van der Waals surface area contributed by atoms with Gasteiger partial charge in [0.2, 0.25) is 0 Å². The average molecular weight is 405 g/mol. The van der Waals surface area contributed by atoms with E-state index in [2.05, 4.69) is 15.9 Å². The Morgan fingerprint density at radius 3 is 2.64 bits per heavy atom. The highest BCUT2D eigenvalue weighted by atomic mass is 79.9. The molecule has 0 N–H and O–H groups in total. The molecule has 6 nitrogen and oxygen atoms in total. The van der Waals surface area contributed by atoms with Crippen LogP contribution < -0.4 is 0 Å². The fraction of sp³-hybridized carbons (Fsp3) is 0.278. The lowest BCUT2D eigenvalue weighted by Crippen LogP contribution is -2.42. The molecule has 7 heteroatoms. The van der Waals surface area contributed by atoms with Crippen LogP contribution in [-0.4, -0.2) is 35.4 Å². The van der Waals surface area contributed by atoms with E-state index in [1.165, 1.54) is 12.1 Å². The normalized spacial score (nSPS) is 17.4. The van der Waals surface area contributed by atoms with Gasteiger partial charge in [0.25, 0.3) is 11.6 Å². The molecule has 1 fully saturated rings. The van der Waals surface area contributed by atoms with Crippen molar-refractivity contribution >= 4 is 27.5 Å². The minimum atomic E-state index is -0.443. The van der Waals surface area contributed by atoms with Crippen LogP contribution in [0.15, 0.2) is 46.9 Å². The van der Waals surface area contributed by atoms with Gasteiger partial charge in [-0.05, 0) is 36.8 Å². The van der Waals surface area contributed by atoms with E-state index in [1.54, 1.807) is 17.9 Å². The maximum atomic E-state index is 12.8. The molecule has 0 saturated carbocycles. The number of amides is 1. The minimum Gasteiger partial charge on any atom is -0.370 e. The number of nitro benzene ring substituents is 1. The summed E-state index contributed by atoms with van der Waals surface area (Å²) >= 11 is 3.40. The maximum Gasteiger partial charge on any atom is 0.272 e. The van der Waals surface area contributed by atoms with Crippen molar-refractivity contribution in [3.8, 4) is 0 Å². The monoisotopic (exact) mass is 404 g/mol. The second-order valence-electron chi connectivity index (χ2n) is 5.92. The number of ether oxygens (including phenoxy) is 1. The second-order valence-corrected chi connectivity index (χ2v) is 6.84. The van der Waals surface area contributed by atoms with E-state index in [0.717, 1.165) is 10.0 Å². The number of morpholine rings is 1. The first kappa shape index (κ1) is 17.6. The van der Waals surface area contributed by atoms with Crippen LogP contribution in [0.1, 0.15) is 27.6 Å². The van der Waals surface area contributed by atoms with Crippen LogP contribution in [0.25, 0.3) is 0 Å². The van der Waals surface area contributed by atoms with Crippen LogP contribution >= 0.6 is 15.9 Å². The Kier molecular flexibility index (Phi) is 5.15. The summed E-state index contributed by atoms with van der Waals surface area (Å²) in [6.45, 7) is 3.05. The van der Waals surface area contributed by atoms with Crippen LogP contribution in [0.4, 0.5) is 5.69 Å². The summed E-state index contributed by atoms with van der Waals surface area (Å²) in [5.41, 5.74) is 1.97. The number of halogens is 1. The van der Waals surface area contributed by atoms with E-state index in [4.69, 9.17) is 4.74 Å². The van der Waals surface area contributed by atoms with Gasteiger partial charge in [-0.2, -0.15) is 0 Å². The van der Waals surface area contributed by atoms with Crippen LogP contribution in [0.3, 0.4) is 0 Å². The topological polar surface area (TPSA) is 72.7 Å². The van der Waals surface area contributed by atoms with Gasteiger partial charge >= 0.3 is 0 Å². The summed E-state index contributed by atoms with van der Waals surface area (Å²) in [5, 5.41) is 10.9. The summed E-state index contributed by atoms with van der Waals surface area (Å²) in [5.74, 6) is -0.136. The molecule has 0 spiro atoms. The van der Waals surface area contributed by atoms with Crippen LogP contribution in [0.5, 0.6) is 0 Å². The molecule has 2 aromatic rings. The van der Waals surface area contributed by atoms with Crippen molar-refractivity contribution in [3.63, 3.8) is 0 Å². The number of carbonyl (C=O) groups is 1. The Labute approximate surface area is 153 Å². The molecule has 1 atom stereocenters. The van der Waals surface area contributed by atoms with Gasteiger partial charge < -0.3 is 9.64 Å². The third-order valence-corrected chi connectivity index (χ3v) is 4.76. The largest absolute Gasteiger partial charge is 0.370 e. The fourth-order valence-corrected chi connectivity index (χ4v) is 3.15. The minimum absolute atomic E-state index is 0.0197. The fourth-order valence-electron chi connectivity index (χ4n) is 2.89. The van der Waals surface area contributed by atoms with E-state index in [9.17, 15) is 14.9 Å². The third kappa shape index (κ3) is 3.88. The predicted octanol–water partition coefficient (Wildman–Crippen LogP) is 3.88. The lowest BCUT2D eigenvalue weighted by atomic mass is 10.1. The maximum absolute atomic E-state index is 12.8. The smallest absolute Gasteiger partial charge is 0.272 e. The summed E-state index contributed by atoms with van der Waals surface area (Å²) in [6, 6.07) is 12.3. The quantitative estimate of drug-likeness (QED) is 0.574. The molecule has 1 unspecified atom stereocenters. The molecule has 130 valence electrons. The first-order valence-electron chi connectivity index (χ1n) is 7.87. The molecule has 0 aliphatic carbocycles. The standard InChI is InChI=1S/C18H17BrN2O4/c1-12-10-14(4-7-16(12)21(23)24)18(22)20-8-9-25-17(11-20)13-2-5-15(19)6-3-13/h2-7,10,17H,8-9,11H2,1H3. The second kappa shape index (κ2) is 7.33. The Hall–Kier alpha value is -2.25. The number of nitrogens with zero attached hydrogens (tertiary/aromatic N) is 2. The van der Waals surface area contributed by atoms with Crippen LogP contribution in [-0.2, 0) is 4.74 Å². The summed E-state index contributed by atoms with van der Waals surface area (Å²) in [7, 11) is 0. The van der Waals surface area contributed by atoms with E-state index in [-0.39, 0.29) is 17.7 Å². The average Bonchev–Trinajstić information content (AvgIpc) is 2.61. The molecule has 0 aromatic heterocycles. The molecule has 1 aliphatic heterocycles. The molecule has 1 amide bonds. The van der Waals surface area contributed by atoms with Crippen molar-refractivity contribution in [3.05, 3.63) is 73.7 Å². The Balaban J connectivity index is 1.77. The molecule has 1 saturated heterocycles. The molecule has 0 bridgehead atoms. The number of rotatable bonds is 3. The lowest BCUT2D eigenvalue weighted by molar-refractivity contribution is -0.385. The van der Waals surface area contributed by atoms with Crippen molar-refractivity contribution in [2.75, 3.05) is 19.7 Å². The van der Waals surface area contributed by atoms with Gasteiger partial charge in [-0.1, -0.05) is 28.1 Å². The molecular weight excluding hydrogens is 388 g/mol. The number of carbonyl (C=O) groups excluding carboxylic acids is 1. The number of hydrogen-bond acceptors (Lipinski definition) is 4. The van der Waals surface area contributed by atoms with E-state index >= 15 is 0 Å². The van der Waals surface area contributed by atoms with Gasteiger partial charge in [0.1, 0.15) is 6.10 Å². The highest BCUT2D eigenvalue weighted by molar-refractivity contribution is 9.10. The van der Waals surface area contributed by atoms with Crippen molar-refractivity contribution < 1.29 is 14.5 Å². The first-order valence-corrected chi connectivity index (χ1v) is 8.66. The summed E-state index contributed by atoms with van der Waals surface area (Å²) in [4.78, 5) is 25.0. The summed E-state index contributed by atoms with van der Waals surface area (Å²) < 4.78 is 6.78. The molecule has 2 aromatic carbocycles. The van der Waals surface area contributed by atoms with E-state index in [1.807, 2.05) is 24.3 Å². The number of benzene rings is 2. The van der Waals surface area contributed by atoms with Crippen molar-refractivity contribution in [2.45, 2.75) is 13.0 Å². The van der Waals surface area contributed by atoms with Crippen molar-refractivity contribution in [2.24, 2.45) is 0 Å². The zero-order chi connectivity index (χ0) is 18.0. The number of aryl methyl sites for hydroxylation is 1. The number of hydrogen-bond donors (Lipinski definition) is 0. The third-order valence-electron chi connectivity index (χ3n) is 4.24. The van der Waals surface area contributed by atoms with Gasteiger partial charge in [0, 0.05) is 28.2 Å². The Morgan fingerprint density at radius 1 is 1.28 bits per heavy atom.